The van der Waals surface area contributed by atoms with Crippen molar-refractivity contribution in [1.29, 1.82) is 0 Å². The van der Waals surface area contributed by atoms with E-state index in [1.165, 1.54) is 0 Å². The SMILES string of the molecule is CC(C)[S+]([O-])c1c(F)cc(N)cc1F. The molecule has 0 saturated carbocycles. The molecule has 0 radical (unpaired) electrons. The van der Waals surface area contributed by atoms with Crippen molar-refractivity contribution >= 4 is 16.9 Å². The Morgan fingerprint density at radius 2 is 1.71 bits per heavy atom. The number of nitrogens with two attached hydrogens (primary N) is 1. The van der Waals surface area contributed by atoms with Gasteiger partial charge in [0.1, 0.15) is 5.25 Å². The number of hydrogen-bond donors (Lipinski definition) is 1. The van der Waals surface area contributed by atoms with E-state index in [1.54, 1.807) is 13.8 Å². The molecule has 0 aliphatic carbocycles. The lowest BCUT2D eigenvalue weighted by atomic mass is 10.3. The second-order valence-corrected chi connectivity index (χ2v) is 5.11. The summed E-state index contributed by atoms with van der Waals surface area (Å²) >= 11 is -1.67. The van der Waals surface area contributed by atoms with Crippen LogP contribution in [0.1, 0.15) is 13.8 Å². The molecule has 0 aromatic heterocycles. The maximum absolute atomic E-state index is 13.2. The molecule has 1 atom stereocenters. The highest BCUT2D eigenvalue weighted by atomic mass is 32.2. The Hall–Kier alpha value is -0.810. The molecule has 0 aliphatic heterocycles. The first-order chi connectivity index (χ1) is 6.43. The van der Waals surface area contributed by atoms with E-state index in [4.69, 9.17) is 5.73 Å². The van der Waals surface area contributed by atoms with Crippen molar-refractivity contribution in [2.24, 2.45) is 0 Å². The van der Waals surface area contributed by atoms with Crippen LogP contribution in [0, 0.1) is 11.6 Å². The summed E-state index contributed by atoms with van der Waals surface area (Å²) in [5.41, 5.74) is 5.22. The monoisotopic (exact) mass is 219 g/mol. The number of anilines is 1. The lowest BCUT2D eigenvalue weighted by molar-refractivity contribution is 0.516. The van der Waals surface area contributed by atoms with Gasteiger partial charge in [-0.25, -0.2) is 8.78 Å². The minimum absolute atomic E-state index is 0.00972. The van der Waals surface area contributed by atoms with Crippen LogP contribution >= 0.6 is 0 Å². The third-order valence-electron chi connectivity index (χ3n) is 1.65. The van der Waals surface area contributed by atoms with Crippen LogP contribution in [0.15, 0.2) is 17.0 Å². The van der Waals surface area contributed by atoms with Crippen LogP contribution in [0.5, 0.6) is 0 Å². The van der Waals surface area contributed by atoms with Gasteiger partial charge in [0.2, 0.25) is 4.90 Å². The van der Waals surface area contributed by atoms with Gasteiger partial charge in [0.15, 0.2) is 11.6 Å². The maximum Gasteiger partial charge on any atom is 0.224 e. The predicted octanol–water partition coefficient (Wildman–Crippen LogP) is 2.06. The fraction of sp³-hybridized carbons (Fsp3) is 0.333. The van der Waals surface area contributed by atoms with E-state index in [0.717, 1.165) is 12.1 Å². The third-order valence-corrected chi connectivity index (χ3v) is 3.30. The van der Waals surface area contributed by atoms with E-state index in [1.807, 2.05) is 0 Å². The highest BCUT2D eigenvalue weighted by Crippen LogP contribution is 2.24. The molecular weight excluding hydrogens is 208 g/mol. The third kappa shape index (κ3) is 2.16. The molecule has 14 heavy (non-hydrogen) atoms. The zero-order chi connectivity index (χ0) is 10.9. The van der Waals surface area contributed by atoms with Gasteiger partial charge in [0, 0.05) is 17.8 Å². The molecule has 5 heteroatoms. The molecule has 0 heterocycles. The average Bonchev–Trinajstić information content (AvgIpc) is 2.01. The maximum atomic E-state index is 13.2. The van der Waals surface area contributed by atoms with Gasteiger partial charge in [-0.1, -0.05) is 0 Å². The Balaban J connectivity index is 3.20. The lowest BCUT2D eigenvalue weighted by Gasteiger charge is -2.15. The second kappa shape index (κ2) is 4.14. The Labute approximate surface area is 84.3 Å². The Morgan fingerprint density at radius 1 is 1.29 bits per heavy atom. The average molecular weight is 219 g/mol. The van der Waals surface area contributed by atoms with Gasteiger partial charge >= 0.3 is 0 Å². The Kier molecular flexibility index (Phi) is 3.34. The summed E-state index contributed by atoms with van der Waals surface area (Å²) in [6.07, 6.45) is 0. The summed E-state index contributed by atoms with van der Waals surface area (Å²) in [6, 6.07) is 1.94. The second-order valence-electron chi connectivity index (χ2n) is 3.16. The number of hydrogen-bond acceptors (Lipinski definition) is 2. The van der Waals surface area contributed by atoms with Crippen LogP contribution in [0.4, 0.5) is 14.5 Å². The smallest absolute Gasteiger partial charge is 0.224 e. The normalized spacial score (nSPS) is 13.3. The Morgan fingerprint density at radius 3 is 2.07 bits per heavy atom. The molecule has 0 bridgehead atoms. The van der Waals surface area contributed by atoms with Gasteiger partial charge in [0.05, 0.1) is 0 Å². The topological polar surface area (TPSA) is 49.1 Å². The van der Waals surface area contributed by atoms with E-state index in [9.17, 15) is 13.3 Å². The molecule has 0 aliphatic rings. The quantitative estimate of drug-likeness (QED) is 0.611. The molecule has 1 aromatic carbocycles. The number of nitrogen functional groups attached to an aromatic ring is 1. The summed E-state index contributed by atoms with van der Waals surface area (Å²) in [5, 5.41) is -0.331. The zero-order valence-electron chi connectivity index (χ0n) is 7.88. The van der Waals surface area contributed by atoms with E-state index < -0.39 is 27.7 Å². The van der Waals surface area contributed by atoms with Crippen molar-refractivity contribution in [3.8, 4) is 0 Å². The van der Waals surface area contributed by atoms with Crippen molar-refractivity contribution in [1.82, 2.24) is 0 Å². The standard InChI is InChI=1S/C9H11F2NOS/c1-5(2)14(13)9-7(10)3-6(12)4-8(9)11/h3-5H,12H2,1-2H3. The fourth-order valence-corrected chi connectivity index (χ4v) is 1.98. The van der Waals surface area contributed by atoms with Gasteiger partial charge in [-0.05, 0) is 25.0 Å². The van der Waals surface area contributed by atoms with Gasteiger partial charge in [0.25, 0.3) is 0 Å². The molecule has 0 amide bonds. The van der Waals surface area contributed by atoms with Crippen molar-refractivity contribution < 1.29 is 13.3 Å². The number of benzene rings is 1. The van der Waals surface area contributed by atoms with Crippen molar-refractivity contribution in [2.45, 2.75) is 24.0 Å². The van der Waals surface area contributed by atoms with Gasteiger partial charge in [-0.2, -0.15) is 0 Å². The van der Waals surface area contributed by atoms with E-state index >= 15 is 0 Å². The van der Waals surface area contributed by atoms with E-state index in [0.29, 0.717) is 0 Å². The molecule has 1 unspecified atom stereocenters. The first kappa shape index (κ1) is 11.3. The molecule has 78 valence electrons. The molecular formula is C9H11F2NOS. The summed E-state index contributed by atoms with van der Waals surface area (Å²) in [7, 11) is 0. The summed E-state index contributed by atoms with van der Waals surface area (Å²) in [6.45, 7) is 3.26. The summed E-state index contributed by atoms with van der Waals surface area (Å²) in [5.74, 6) is -1.70. The van der Waals surface area contributed by atoms with Crippen LogP contribution in [0.3, 0.4) is 0 Å². The van der Waals surface area contributed by atoms with Gasteiger partial charge in [-0.3, -0.25) is 0 Å². The minimum Gasteiger partial charge on any atom is -0.611 e. The predicted molar refractivity (Wildman–Crippen MR) is 52.3 cm³/mol. The number of rotatable bonds is 2. The minimum atomic E-state index is -1.67. The first-order valence-corrected chi connectivity index (χ1v) is 5.30. The van der Waals surface area contributed by atoms with Crippen molar-refractivity contribution in [2.75, 3.05) is 5.73 Å². The fourth-order valence-electron chi connectivity index (χ4n) is 1.01. The highest BCUT2D eigenvalue weighted by molar-refractivity contribution is 7.92. The van der Waals surface area contributed by atoms with Crippen LogP contribution in [-0.4, -0.2) is 9.80 Å². The molecule has 2 nitrogen and oxygen atoms in total. The first-order valence-electron chi connectivity index (χ1n) is 4.08. The van der Waals surface area contributed by atoms with Crippen molar-refractivity contribution in [3.63, 3.8) is 0 Å². The van der Waals surface area contributed by atoms with Gasteiger partial charge in [-0.15, -0.1) is 0 Å². The molecule has 1 rings (SSSR count). The van der Waals surface area contributed by atoms with Crippen molar-refractivity contribution in [3.05, 3.63) is 23.8 Å². The highest BCUT2D eigenvalue weighted by Gasteiger charge is 2.25. The van der Waals surface area contributed by atoms with Crippen LogP contribution in [0.25, 0.3) is 0 Å². The van der Waals surface area contributed by atoms with Crippen LogP contribution in [-0.2, 0) is 11.2 Å². The molecule has 0 spiro atoms. The van der Waals surface area contributed by atoms with E-state index in [2.05, 4.69) is 0 Å². The largest absolute Gasteiger partial charge is 0.611 e. The molecule has 0 saturated heterocycles. The zero-order valence-corrected chi connectivity index (χ0v) is 8.70. The molecule has 1 aromatic rings. The number of halogens is 2. The molecule has 2 N–H and O–H groups in total. The summed E-state index contributed by atoms with van der Waals surface area (Å²) < 4.78 is 37.9. The van der Waals surface area contributed by atoms with E-state index in [-0.39, 0.29) is 10.9 Å². The van der Waals surface area contributed by atoms with Crippen LogP contribution in [0.2, 0.25) is 0 Å². The molecule has 0 fully saturated rings. The Bertz CT molecular complexity index is 321. The summed E-state index contributed by atoms with van der Waals surface area (Å²) in [4.78, 5) is -0.394. The lowest BCUT2D eigenvalue weighted by Crippen LogP contribution is -2.17. The van der Waals surface area contributed by atoms with Gasteiger partial charge < -0.3 is 10.3 Å². The van der Waals surface area contributed by atoms with Crippen LogP contribution < -0.4 is 5.73 Å².